The Morgan fingerprint density at radius 1 is 1.03 bits per heavy atom. The molecule has 0 bridgehead atoms. The number of phenolic OH excluding ortho intramolecular Hbond substituents is 1. The summed E-state index contributed by atoms with van der Waals surface area (Å²) in [5.41, 5.74) is 0.0858. The fraction of sp³-hybridized carbons (Fsp3) is 0.364. The molecule has 11 heteroatoms. The van der Waals surface area contributed by atoms with Crippen molar-refractivity contribution in [2.75, 3.05) is 39.2 Å². The summed E-state index contributed by atoms with van der Waals surface area (Å²) in [4.78, 5) is 24.4. The molecule has 0 atom stereocenters. The van der Waals surface area contributed by atoms with Gasteiger partial charge < -0.3 is 24.6 Å². The summed E-state index contributed by atoms with van der Waals surface area (Å²) in [6.45, 7) is 0.219. The van der Waals surface area contributed by atoms with E-state index >= 15 is 0 Å². The molecule has 0 unspecified atom stereocenters. The molecule has 178 valence electrons. The first kappa shape index (κ1) is 24.3. The summed E-state index contributed by atoms with van der Waals surface area (Å²) < 4.78 is 42.7. The van der Waals surface area contributed by atoms with Crippen LogP contribution in [0.4, 0.5) is 5.69 Å². The Kier molecular flexibility index (Phi) is 7.77. The Balaban J connectivity index is 1.68. The predicted octanol–water partition coefficient (Wildman–Crippen LogP) is 2.38. The van der Waals surface area contributed by atoms with E-state index in [1.165, 1.54) is 54.9 Å². The summed E-state index contributed by atoms with van der Waals surface area (Å²) in [5, 5.41) is 12.4. The van der Waals surface area contributed by atoms with E-state index in [9.17, 15) is 23.1 Å². The maximum atomic E-state index is 13.1. The molecule has 1 saturated heterocycles. The van der Waals surface area contributed by atoms with E-state index in [4.69, 9.17) is 14.2 Å². The molecule has 2 aromatic rings. The summed E-state index contributed by atoms with van der Waals surface area (Å²) >= 11 is 0. The van der Waals surface area contributed by atoms with Crippen molar-refractivity contribution in [3.05, 3.63) is 42.0 Å². The van der Waals surface area contributed by atoms with E-state index in [0.717, 1.165) is 19.3 Å². The lowest BCUT2D eigenvalue weighted by atomic mass is 10.2. The number of hydrogen-bond acceptors (Lipinski definition) is 8. The Morgan fingerprint density at radius 2 is 1.76 bits per heavy atom. The van der Waals surface area contributed by atoms with Gasteiger partial charge in [0.1, 0.15) is 27.7 Å². The van der Waals surface area contributed by atoms with Crippen LogP contribution in [0.25, 0.3) is 0 Å². The van der Waals surface area contributed by atoms with E-state index in [1.54, 1.807) is 0 Å². The fourth-order valence-corrected chi connectivity index (χ4v) is 5.12. The molecule has 0 radical (unpaired) electrons. The summed E-state index contributed by atoms with van der Waals surface area (Å²) in [6, 6.07) is 8.29. The van der Waals surface area contributed by atoms with E-state index in [-0.39, 0.29) is 27.6 Å². The predicted molar refractivity (Wildman–Crippen MR) is 119 cm³/mol. The molecule has 2 aromatic carbocycles. The van der Waals surface area contributed by atoms with Gasteiger partial charge in [0, 0.05) is 24.8 Å². The smallest absolute Gasteiger partial charge is 0.342 e. The number of methoxy groups -OCH3 is 2. The minimum Gasteiger partial charge on any atom is -0.507 e. The number of anilines is 1. The van der Waals surface area contributed by atoms with Gasteiger partial charge in [-0.2, -0.15) is 4.31 Å². The van der Waals surface area contributed by atoms with Crippen molar-refractivity contribution in [2.24, 2.45) is 0 Å². The Labute approximate surface area is 192 Å². The molecular weight excluding hydrogens is 452 g/mol. The van der Waals surface area contributed by atoms with Crippen LogP contribution in [0, 0.1) is 0 Å². The number of sulfonamides is 1. The molecule has 2 N–H and O–H groups in total. The fourth-order valence-electron chi connectivity index (χ4n) is 3.42. The number of piperidine rings is 1. The highest BCUT2D eigenvalue weighted by molar-refractivity contribution is 7.89. The number of carbonyl (C=O) groups excluding carboxylic acids is 2. The number of ether oxygens (including phenoxy) is 3. The van der Waals surface area contributed by atoms with Crippen LogP contribution in [0.3, 0.4) is 0 Å². The minimum absolute atomic E-state index is 0.0511. The maximum absolute atomic E-state index is 13.1. The van der Waals surface area contributed by atoms with Gasteiger partial charge >= 0.3 is 5.97 Å². The van der Waals surface area contributed by atoms with Crippen LogP contribution in [0.1, 0.15) is 29.6 Å². The highest BCUT2D eigenvalue weighted by Gasteiger charge is 2.29. The van der Waals surface area contributed by atoms with Gasteiger partial charge in [0.25, 0.3) is 5.91 Å². The number of nitrogens with zero attached hydrogens (tertiary/aromatic N) is 1. The third kappa shape index (κ3) is 5.74. The highest BCUT2D eigenvalue weighted by atomic mass is 32.2. The molecule has 1 aliphatic rings. The monoisotopic (exact) mass is 478 g/mol. The zero-order chi connectivity index (χ0) is 24.0. The van der Waals surface area contributed by atoms with E-state index in [1.807, 2.05) is 0 Å². The zero-order valence-corrected chi connectivity index (χ0v) is 19.2. The molecule has 1 heterocycles. The maximum Gasteiger partial charge on any atom is 0.342 e. The Bertz CT molecular complexity index is 1130. The number of esters is 1. The lowest BCUT2D eigenvalue weighted by Crippen LogP contribution is -2.35. The number of hydrogen-bond donors (Lipinski definition) is 2. The van der Waals surface area contributed by atoms with Crippen LogP contribution in [0.5, 0.6) is 17.2 Å². The highest BCUT2D eigenvalue weighted by Crippen LogP contribution is 2.31. The second-order valence-electron chi connectivity index (χ2n) is 7.34. The van der Waals surface area contributed by atoms with Crippen molar-refractivity contribution >= 4 is 27.6 Å². The van der Waals surface area contributed by atoms with Crippen LogP contribution >= 0.6 is 0 Å². The van der Waals surface area contributed by atoms with Crippen molar-refractivity contribution in [2.45, 2.75) is 24.2 Å². The van der Waals surface area contributed by atoms with Gasteiger partial charge in [-0.3, -0.25) is 4.79 Å². The third-order valence-corrected chi connectivity index (χ3v) is 7.06. The molecule has 0 spiro atoms. The average Bonchev–Trinajstić information content (AvgIpc) is 2.83. The normalized spacial score (nSPS) is 14.4. The molecule has 3 rings (SSSR count). The van der Waals surface area contributed by atoms with Crippen LogP contribution in [0.2, 0.25) is 0 Å². The van der Waals surface area contributed by atoms with Crippen molar-refractivity contribution in [1.29, 1.82) is 0 Å². The van der Waals surface area contributed by atoms with E-state index in [2.05, 4.69) is 5.32 Å². The lowest BCUT2D eigenvalue weighted by Gasteiger charge is -2.26. The number of benzene rings is 2. The van der Waals surface area contributed by atoms with Crippen LogP contribution in [-0.4, -0.2) is 63.6 Å². The van der Waals surface area contributed by atoms with Gasteiger partial charge in [-0.25, -0.2) is 13.2 Å². The van der Waals surface area contributed by atoms with Crippen LogP contribution < -0.4 is 14.8 Å². The van der Waals surface area contributed by atoms with Crippen molar-refractivity contribution in [3.63, 3.8) is 0 Å². The van der Waals surface area contributed by atoms with Gasteiger partial charge in [0.05, 0.1) is 14.2 Å². The molecule has 33 heavy (non-hydrogen) atoms. The van der Waals surface area contributed by atoms with Crippen LogP contribution in [0.15, 0.2) is 41.3 Å². The van der Waals surface area contributed by atoms with E-state index in [0.29, 0.717) is 18.8 Å². The number of phenols is 1. The summed E-state index contributed by atoms with van der Waals surface area (Å²) in [6.07, 6.45) is 2.55. The summed E-state index contributed by atoms with van der Waals surface area (Å²) in [5.74, 6) is -1.39. The number of rotatable bonds is 8. The van der Waals surface area contributed by atoms with Gasteiger partial charge in [0.15, 0.2) is 6.61 Å². The molecule has 1 amide bonds. The molecule has 1 aliphatic heterocycles. The largest absolute Gasteiger partial charge is 0.507 e. The molecule has 10 nitrogen and oxygen atoms in total. The summed E-state index contributed by atoms with van der Waals surface area (Å²) in [7, 11) is -1.01. The molecular formula is C22H26N2O8S. The van der Waals surface area contributed by atoms with Crippen molar-refractivity contribution < 1.29 is 37.3 Å². The second-order valence-corrected chi connectivity index (χ2v) is 9.24. The first-order chi connectivity index (χ1) is 15.8. The zero-order valence-electron chi connectivity index (χ0n) is 18.4. The SMILES string of the molecule is COc1ccc(C(=O)OCC(=O)Nc2ccc(OC)c(S(=O)(=O)N3CCCCC3)c2)c(O)c1. The Hall–Kier alpha value is -3.31. The first-order valence-corrected chi connectivity index (χ1v) is 11.7. The molecule has 1 fully saturated rings. The van der Waals surface area contributed by atoms with Gasteiger partial charge in [-0.05, 0) is 43.2 Å². The topological polar surface area (TPSA) is 131 Å². The van der Waals surface area contributed by atoms with Crippen molar-refractivity contribution in [1.82, 2.24) is 4.31 Å². The number of amides is 1. The third-order valence-electron chi connectivity index (χ3n) is 5.14. The second kappa shape index (κ2) is 10.5. The molecule has 0 aromatic heterocycles. The first-order valence-electron chi connectivity index (χ1n) is 10.3. The standard InChI is InChI=1S/C22H26N2O8S/c1-30-16-7-8-17(18(25)13-16)22(27)32-14-21(26)23-15-6-9-19(31-2)20(12-15)33(28,29)24-10-4-3-5-11-24/h6-9,12-13,25H,3-5,10-11,14H2,1-2H3,(H,23,26). The number of carbonyl (C=O) groups is 2. The van der Waals surface area contributed by atoms with E-state index < -0.39 is 28.5 Å². The number of nitrogens with one attached hydrogen (secondary N) is 1. The van der Waals surface area contributed by atoms with Crippen molar-refractivity contribution in [3.8, 4) is 17.2 Å². The minimum atomic E-state index is -3.80. The molecule has 0 aliphatic carbocycles. The Morgan fingerprint density at radius 3 is 2.39 bits per heavy atom. The quantitative estimate of drug-likeness (QED) is 0.553. The lowest BCUT2D eigenvalue weighted by molar-refractivity contribution is -0.119. The average molecular weight is 479 g/mol. The van der Waals surface area contributed by atoms with Gasteiger partial charge in [-0.15, -0.1) is 0 Å². The van der Waals surface area contributed by atoms with Gasteiger partial charge in [-0.1, -0.05) is 6.42 Å². The number of aromatic hydroxyl groups is 1. The van der Waals surface area contributed by atoms with Crippen LogP contribution in [-0.2, 0) is 19.6 Å². The van der Waals surface area contributed by atoms with Gasteiger partial charge in [0.2, 0.25) is 10.0 Å². The molecule has 0 saturated carbocycles.